The van der Waals surface area contributed by atoms with E-state index < -0.39 is 0 Å². The second kappa shape index (κ2) is 14.3. The van der Waals surface area contributed by atoms with Crippen LogP contribution >= 0.6 is 0 Å². The molecule has 0 bridgehead atoms. The lowest BCUT2D eigenvalue weighted by atomic mass is 10.1. The van der Waals surface area contributed by atoms with Crippen LogP contribution in [0.2, 0.25) is 0 Å². The quantitative estimate of drug-likeness (QED) is 0.692. The van der Waals surface area contributed by atoms with Crippen LogP contribution in [-0.2, 0) is 9.59 Å². The molecule has 24 heavy (non-hydrogen) atoms. The number of amides is 2. The van der Waals surface area contributed by atoms with Crippen molar-refractivity contribution in [3.63, 3.8) is 0 Å². The highest BCUT2D eigenvalue weighted by atomic mass is 16.2. The topological polar surface area (TPSA) is 63.4 Å². The van der Waals surface area contributed by atoms with Crippen molar-refractivity contribution in [2.24, 2.45) is 5.73 Å². The fourth-order valence-electron chi connectivity index (χ4n) is 3.47. The zero-order valence-electron chi connectivity index (χ0n) is 15.6. The van der Waals surface area contributed by atoms with Gasteiger partial charge >= 0.3 is 0 Å². The van der Waals surface area contributed by atoms with E-state index in [2.05, 4.69) is 4.90 Å². The first-order valence-corrected chi connectivity index (χ1v) is 10.3. The zero-order chi connectivity index (χ0) is 17.5. The van der Waals surface area contributed by atoms with Gasteiger partial charge in [0.15, 0.2) is 0 Å². The van der Waals surface area contributed by atoms with Crippen molar-refractivity contribution in [2.75, 3.05) is 13.1 Å². The smallest absolute Gasteiger partial charge is 0.222 e. The first-order valence-electron chi connectivity index (χ1n) is 10.3. The number of unbranched alkanes of at least 4 members (excludes halogenated alkanes) is 3. The van der Waals surface area contributed by atoms with Crippen LogP contribution in [0.4, 0.5) is 0 Å². The van der Waals surface area contributed by atoms with Crippen molar-refractivity contribution in [3.05, 3.63) is 0 Å². The first kappa shape index (κ1) is 21.0. The highest BCUT2D eigenvalue weighted by Crippen LogP contribution is 2.14. The molecule has 1 aliphatic heterocycles. The Labute approximate surface area is 148 Å². The Morgan fingerprint density at radius 2 is 1.04 bits per heavy atom. The minimum absolute atomic E-state index is 0.221. The molecule has 0 unspecified atom stereocenters. The van der Waals surface area contributed by atoms with Crippen LogP contribution in [0.15, 0.2) is 0 Å². The van der Waals surface area contributed by atoms with E-state index in [0.29, 0.717) is 18.7 Å². The molecule has 0 aliphatic carbocycles. The van der Waals surface area contributed by atoms with Gasteiger partial charge in [0.1, 0.15) is 0 Å². The third-order valence-corrected chi connectivity index (χ3v) is 5.02. The van der Waals surface area contributed by atoms with E-state index in [1.54, 1.807) is 0 Å². The lowest BCUT2D eigenvalue weighted by molar-refractivity contribution is -0.131. The van der Waals surface area contributed by atoms with Gasteiger partial charge < -0.3 is 10.6 Å². The lowest BCUT2D eigenvalue weighted by Gasteiger charge is -2.23. The van der Waals surface area contributed by atoms with Gasteiger partial charge in [0.2, 0.25) is 11.8 Å². The van der Waals surface area contributed by atoms with Gasteiger partial charge in [-0.2, -0.15) is 0 Å². The van der Waals surface area contributed by atoms with Gasteiger partial charge in [-0.05, 0) is 25.7 Å². The van der Waals surface area contributed by atoms with Crippen LogP contribution in [0, 0.1) is 0 Å². The Kier molecular flexibility index (Phi) is 12.5. The molecule has 2 amide bonds. The molecule has 1 rings (SSSR count). The normalized spacial score (nSPS) is 18.2. The molecule has 0 aromatic heterocycles. The van der Waals surface area contributed by atoms with Gasteiger partial charge in [0.25, 0.3) is 0 Å². The number of carbonyl (C=O) groups is 2. The van der Waals surface area contributed by atoms with Crippen LogP contribution in [0.5, 0.6) is 0 Å². The molecule has 4 nitrogen and oxygen atoms in total. The molecule has 0 spiro atoms. The van der Waals surface area contributed by atoms with Crippen LogP contribution < -0.4 is 5.73 Å². The Morgan fingerprint density at radius 3 is 1.50 bits per heavy atom. The largest absolute Gasteiger partial charge is 0.370 e. The van der Waals surface area contributed by atoms with Gasteiger partial charge in [-0.25, -0.2) is 0 Å². The number of nitrogens with zero attached hydrogens (tertiary/aromatic N) is 1. The molecule has 1 fully saturated rings. The summed E-state index contributed by atoms with van der Waals surface area (Å²) < 4.78 is 0. The molecular formula is C20H38N2O2. The van der Waals surface area contributed by atoms with E-state index in [9.17, 15) is 9.59 Å². The summed E-state index contributed by atoms with van der Waals surface area (Å²) in [4.78, 5) is 25.3. The zero-order valence-corrected chi connectivity index (χ0v) is 15.6. The van der Waals surface area contributed by atoms with E-state index in [1.807, 2.05) is 0 Å². The lowest BCUT2D eigenvalue weighted by Crippen LogP contribution is -2.32. The fraction of sp³-hybridized carbons (Fsp3) is 0.900. The minimum Gasteiger partial charge on any atom is -0.370 e. The molecule has 0 saturated carbocycles. The summed E-state index contributed by atoms with van der Waals surface area (Å²) in [5.41, 5.74) is 5.14. The maximum absolute atomic E-state index is 12.5. The summed E-state index contributed by atoms with van der Waals surface area (Å²) in [6, 6.07) is 0. The predicted molar refractivity (Wildman–Crippen MR) is 99.6 cm³/mol. The third kappa shape index (κ3) is 11.5. The third-order valence-electron chi connectivity index (χ3n) is 5.02. The number of carbonyl (C=O) groups excluding carboxylic acids is 2. The van der Waals surface area contributed by atoms with Crippen molar-refractivity contribution < 1.29 is 9.59 Å². The Morgan fingerprint density at radius 1 is 0.625 bits per heavy atom. The molecule has 1 aliphatic rings. The van der Waals surface area contributed by atoms with Gasteiger partial charge in [-0.1, -0.05) is 64.2 Å². The van der Waals surface area contributed by atoms with Gasteiger partial charge in [-0.3, -0.25) is 9.59 Å². The van der Waals surface area contributed by atoms with E-state index >= 15 is 0 Å². The Bertz CT molecular complexity index is 331. The number of nitrogens with two attached hydrogens (primary N) is 1. The Balaban J connectivity index is 2.22. The fourth-order valence-corrected chi connectivity index (χ4v) is 3.47. The molecule has 0 atom stereocenters. The highest BCUT2D eigenvalue weighted by Gasteiger charge is 2.12. The average Bonchev–Trinajstić information content (AvgIpc) is 2.58. The van der Waals surface area contributed by atoms with E-state index in [1.165, 1.54) is 51.4 Å². The van der Waals surface area contributed by atoms with Gasteiger partial charge in [-0.15, -0.1) is 0 Å². The first-order chi connectivity index (χ1) is 11.7. The molecule has 0 radical (unpaired) electrons. The molecular weight excluding hydrogens is 300 g/mol. The minimum atomic E-state index is -0.221. The summed E-state index contributed by atoms with van der Waals surface area (Å²) in [5.74, 6) is 0.112. The number of rotatable bonds is 7. The molecule has 4 heteroatoms. The summed E-state index contributed by atoms with van der Waals surface area (Å²) in [7, 11) is 0. The molecule has 0 aromatic carbocycles. The van der Waals surface area contributed by atoms with Gasteiger partial charge in [0.05, 0.1) is 0 Å². The summed E-state index contributed by atoms with van der Waals surface area (Å²) in [6.07, 6.45) is 17.9. The molecule has 1 heterocycles. The summed E-state index contributed by atoms with van der Waals surface area (Å²) in [6.45, 7) is 1.89. The number of hydrogen-bond acceptors (Lipinski definition) is 2. The summed E-state index contributed by atoms with van der Waals surface area (Å²) in [5, 5.41) is 0. The number of primary amides is 1. The van der Waals surface area contributed by atoms with Crippen LogP contribution in [0.3, 0.4) is 0 Å². The van der Waals surface area contributed by atoms with Crippen molar-refractivity contribution in [1.82, 2.24) is 4.90 Å². The molecule has 2 N–H and O–H groups in total. The standard InChI is InChI=1S/C20H38N2O2/c21-19(23)15-11-7-8-12-16-20(24)22-17-13-9-5-3-1-2-4-6-10-14-18-22/h1-18H2,(H2,21,23). The average molecular weight is 339 g/mol. The Hall–Kier alpha value is -1.06. The maximum atomic E-state index is 12.5. The number of hydrogen-bond donors (Lipinski definition) is 1. The second-order valence-corrected chi connectivity index (χ2v) is 7.30. The van der Waals surface area contributed by atoms with Crippen molar-refractivity contribution in [2.45, 2.75) is 103 Å². The molecule has 0 aromatic rings. The van der Waals surface area contributed by atoms with Crippen LogP contribution in [0.25, 0.3) is 0 Å². The second-order valence-electron chi connectivity index (χ2n) is 7.30. The van der Waals surface area contributed by atoms with E-state index in [0.717, 1.165) is 51.6 Å². The van der Waals surface area contributed by atoms with Gasteiger partial charge in [0, 0.05) is 25.9 Å². The summed E-state index contributed by atoms with van der Waals surface area (Å²) >= 11 is 0. The van der Waals surface area contributed by atoms with E-state index in [-0.39, 0.29) is 5.91 Å². The molecule has 140 valence electrons. The van der Waals surface area contributed by atoms with Crippen molar-refractivity contribution >= 4 is 11.8 Å². The monoisotopic (exact) mass is 338 g/mol. The van der Waals surface area contributed by atoms with Crippen LogP contribution in [-0.4, -0.2) is 29.8 Å². The van der Waals surface area contributed by atoms with E-state index in [4.69, 9.17) is 5.73 Å². The predicted octanol–water partition coefficient (Wildman–Crippen LogP) is 4.56. The van der Waals surface area contributed by atoms with Crippen molar-refractivity contribution in [3.8, 4) is 0 Å². The maximum Gasteiger partial charge on any atom is 0.222 e. The molecule has 1 saturated heterocycles. The SMILES string of the molecule is NC(=O)CCCCCCC(=O)N1CCCCCCCCCCCC1. The highest BCUT2D eigenvalue weighted by molar-refractivity contribution is 5.76. The van der Waals surface area contributed by atoms with Crippen molar-refractivity contribution in [1.29, 1.82) is 0 Å². The van der Waals surface area contributed by atoms with Crippen LogP contribution in [0.1, 0.15) is 103 Å².